The Morgan fingerprint density at radius 2 is 2.10 bits per heavy atom. The third-order valence-electron chi connectivity index (χ3n) is 4.85. The summed E-state index contributed by atoms with van der Waals surface area (Å²) >= 11 is 3.64. The molecule has 3 N–H and O–H groups in total. The summed E-state index contributed by atoms with van der Waals surface area (Å²) in [5, 5.41) is 2.78. The van der Waals surface area contributed by atoms with E-state index in [1.165, 1.54) is 6.33 Å². The van der Waals surface area contributed by atoms with Crippen molar-refractivity contribution in [3.8, 4) is 0 Å². The molecular weight excluding hydrogens is 440 g/mol. The van der Waals surface area contributed by atoms with Gasteiger partial charge in [0, 0.05) is 6.54 Å². The molecule has 2 aromatic heterocycles. The summed E-state index contributed by atoms with van der Waals surface area (Å²) in [5.41, 5.74) is 7.88. The van der Waals surface area contributed by atoms with E-state index in [0.717, 1.165) is 12.0 Å². The Hall–Kier alpha value is -2.72. The minimum atomic E-state index is -0.592. The Labute approximate surface area is 175 Å². The number of halogens is 1. The number of hydrogen-bond acceptors (Lipinski definition) is 7. The number of nitrogen functional groups attached to an aromatic ring is 1. The van der Waals surface area contributed by atoms with E-state index in [-0.39, 0.29) is 16.7 Å². The predicted octanol–water partition coefficient (Wildman–Crippen LogP) is 2.77. The fourth-order valence-corrected chi connectivity index (χ4v) is 4.23. The van der Waals surface area contributed by atoms with Crippen molar-refractivity contribution in [2.24, 2.45) is 0 Å². The van der Waals surface area contributed by atoms with Crippen LogP contribution in [0.3, 0.4) is 0 Å². The molecular formula is C19H21BrN6O3. The number of alkyl halides is 1. The van der Waals surface area contributed by atoms with E-state index < -0.39 is 18.4 Å². The van der Waals surface area contributed by atoms with Crippen molar-refractivity contribution in [1.82, 2.24) is 24.8 Å². The largest absolute Gasteiger partial charge is 0.440 e. The lowest BCUT2D eigenvalue weighted by Crippen LogP contribution is -2.36. The number of anilines is 1. The molecule has 1 amide bonds. The average molecular weight is 461 g/mol. The normalized spacial score (nSPS) is 23.9. The van der Waals surface area contributed by atoms with Crippen LogP contribution in [-0.4, -0.2) is 42.6 Å². The number of hydrogen-bond donors (Lipinski definition) is 2. The lowest BCUT2D eigenvalue weighted by molar-refractivity contribution is -0.0401. The molecule has 4 rings (SSSR count). The standard InChI is InChI=1S/C19H21BrN6O3/c1-2-12-13(20)15(29-19(27)22-8-11-6-4-3-5-7-11)18(28-12)26-10-25-14-16(21)23-9-24-17(14)26/h3-7,9-10,12-13,15,18H,2,8H2,1H3,(H,22,27)(H2,21,23,24)/t12-,13+,15-,18-/m1/s1. The van der Waals surface area contributed by atoms with Gasteiger partial charge in [0.1, 0.15) is 11.8 Å². The van der Waals surface area contributed by atoms with Crippen molar-refractivity contribution in [3.05, 3.63) is 48.5 Å². The second-order valence-electron chi connectivity index (χ2n) is 6.71. The van der Waals surface area contributed by atoms with Crippen molar-refractivity contribution in [3.63, 3.8) is 0 Å². The van der Waals surface area contributed by atoms with Crippen LogP contribution < -0.4 is 11.1 Å². The zero-order valence-electron chi connectivity index (χ0n) is 15.7. The summed E-state index contributed by atoms with van der Waals surface area (Å²) < 4.78 is 13.6. The first-order valence-electron chi connectivity index (χ1n) is 9.29. The van der Waals surface area contributed by atoms with E-state index in [1.54, 1.807) is 10.9 Å². The Balaban J connectivity index is 1.54. The second-order valence-corrected chi connectivity index (χ2v) is 7.77. The van der Waals surface area contributed by atoms with Gasteiger partial charge in [0.2, 0.25) is 0 Å². The Kier molecular flexibility index (Phi) is 5.63. The van der Waals surface area contributed by atoms with E-state index in [9.17, 15) is 4.79 Å². The number of aromatic nitrogens is 4. The first-order valence-corrected chi connectivity index (χ1v) is 10.2. The van der Waals surface area contributed by atoms with E-state index in [2.05, 4.69) is 36.2 Å². The summed E-state index contributed by atoms with van der Waals surface area (Å²) in [7, 11) is 0. The van der Waals surface area contributed by atoms with Crippen LogP contribution in [0.15, 0.2) is 43.0 Å². The highest BCUT2D eigenvalue weighted by molar-refractivity contribution is 9.09. The molecule has 0 saturated carbocycles. The summed E-state index contributed by atoms with van der Waals surface area (Å²) in [6, 6.07) is 9.63. The van der Waals surface area contributed by atoms with Gasteiger partial charge in [-0.15, -0.1) is 0 Å². The lowest BCUT2D eigenvalue weighted by Gasteiger charge is -2.22. The number of nitrogens with zero attached hydrogens (tertiary/aromatic N) is 4. The number of rotatable bonds is 5. The molecule has 3 heterocycles. The minimum Gasteiger partial charge on any atom is -0.440 e. The molecule has 4 atom stereocenters. The summed E-state index contributed by atoms with van der Waals surface area (Å²) in [5.74, 6) is 0.284. The number of benzene rings is 1. The summed E-state index contributed by atoms with van der Waals surface area (Å²) in [6.07, 6.45) is 1.87. The number of nitrogens with two attached hydrogens (primary N) is 1. The van der Waals surface area contributed by atoms with Gasteiger partial charge in [0.15, 0.2) is 23.8 Å². The van der Waals surface area contributed by atoms with E-state index >= 15 is 0 Å². The summed E-state index contributed by atoms with van der Waals surface area (Å²) in [6.45, 7) is 2.39. The molecule has 1 aromatic carbocycles. The van der Waals surface area contributed by atoms with Gasteiger partial charge in [-0.3, -0.25) is 4.57 Å². The smallest absolute Gasteiger partial charge is 0.407 e. The monoisotopic (exact) mass is 460 g/mol. The molecule has 1 aliphatic heterocycles. The molecule has 1 fully saturated rings. The van der Waals surface area contributed by atoms with Gasteiger partial charge in [-0.1, -0.05) is 53.2 Å². The zero-order valence-corrected chi connectivity index (χ0v) is 17.3. The number of amides is 1. The SMILES string of the molecule is CC[C@H]1O[C@@H](n2cnc3c(N)ncnc32)[C@H](OC(=O)NCc2ccccc2)[C@H]1Br. The van der Waals surface area contributed by atoms with Crippen LogP contribution in [0.25, 0.3) is 11.2 Å². The molecule has 1 aliphatic rings. The van der Waals surface area contributed by atoms with Crippen LogP contribution in [-0.2, 0) is 16.0 Å². The number of ether oxygens (including phenoxy) is 2. The molecule has 152 valence electrons. The molecule has 0 radical (unpaired) electrons. The number of carbonyl (C=O) groups excluding carboxylic acids is 1. The molecule has 0 bridgehead atoms. The minimum absolute atomic E-state index is 0.136. The predicted molar refractivity (Wildman–Crippen MR) is 110 cm³/mol. The van der Waals surface area contributed by atoms with Crippen LogP contribution >= 0.6 is 15.9 Å². The fraction of sp³-hybridized carbons (Fsp3) is 0.368. The Bertz CT molecular complexity index is 998. The van der Waals surface area contributed by atoms with Gasteiger partial charge < -0.3 is 20.5 Å². The third kappa shape index (κ3) is 3.90. The third-order valence-corrected chi connectivity index (χ3v) is 5.96. The molecule has 1 saturated heterocycles. The summed E-state index contributed by atoms with van der Waals surface area (Å²) in [4.78, 5) is 24.8. The van der Waals surface area contributed by atoms with Gasteiger partial charge in [-0.05, 0) is 12.0 Å². The van der Waals surface area contributed by atoms with Crippen LogP contribution in [0.2, 0.25) is 0 Å². The van der Waals surface area contributed by atoms with Crippen LogP contribution in [0.1, 0.15) is 25.1 Å². The van der Waals surface area contributed by atoms with Gasteiger partial charge in [0.05, 0.1) is 17.3 Å². The molecule has 0 spiro atoms. The van der Waals surface area contributed by atoms with E-state index in [1.807, 2.05) is 37.3 Å². The number of carbonyl (C=O) groups is 1. The fourth-order valence-electron chi connectivity index (χ4n) is 3.36. The Morgan fingerprint density at radius 1 is 1.31 bits per heavy atom. The zero-order chi connectivity index (χ0) is 20.4. The number of alkyl carbamates (subject to hydrolysis) is 1. The lowest BCUT2D eigenvalue weighted by atomic mass is 10.1. The van der Waals surface area contributed by atoms with E-state index in [4.69, 9.17) is 15.2 Å². The van der Waals surface area contributed by atoms with E-state index in [0.29, 0.717) is 17.7 Å². The highest BCUT2D eigenvalue weighted by atomic mass is 79.9. The molecule has 0 unspecified atom stereocenters. The van der Waals surface area contributed by atoms with Crippen molar-refractivity contribution in [2.45, 2.75) is 43.2 Å². The van der Waals surface area contributed by atoms with Gasteiger partial charge in [0.25, 0.3) is 0 Å². The molecule has 29 heavy (non-hydrogen) atoms. The first-order chi connectivity index (χ1) is 14.1. The van der Waals surface area contributed by atoms with Crippen LogP contribution in [0.5, 0.6) is 0 Å². The second kappa shape index (κ2) is 8.34. The Morgan fingerprint density at radius 3 is 2.86 bits per heavy atom. The average Bonchev–Trinajstić information content (AvgIpc) is 3.30. The van der Waals surface area contributed by atoms with Crippen molar-refractivity contribution in [2.75, 3.05) is 5.73 Å². The van der Waals surface area contributed by atoms with Crippen molar-refractivity contribution < 1.29 is 14.3 Å². The maximum atomic E-state index is 12.5. The first kappa shape index (κ1) is 19.6. The molecule has 0 aliphatic carbocycles. The topological polar surface area (TPSA) is 117 Å². The van der Waals surface area contributed by atoms with Crippen molar-refractivity contribution in [1.29, 1.82) is 0 Å². The van der Waals surface area contributed by atoms with Crippen LogP contribution in [0, 0.1) is 0 Å². The van der Waals surface area contributed by atoms with Gasteiger partial charge in [-0.25, -0.2) is 19.7 Å². The number of imidazole rings is 1. The van der Waals surface area contributed by atoms with Crippen LogP contribution in [0.4, 0.5) is 10.6 Å². The molecule has 9 nitrogen and oxygen atoms in total. The molecule has 10 heteroatoms. The van der Waals surface area contributed by atoms with Crippen molar-refractivity contribution >= 4 is 39.0 Å². The number of fused-ring (bicyclic) bond motifs is 1. The van der Waals surface area contributed by atoms with Gasteiger partial charge in [-0.2, -0.15) is 0 Å². The maximum absolute atomic E-state index is 12.5. The quantitative estimate of drug-likeness (QED) is 0.561. The highest BCUT2D eigenvalue weighted by Crippen LogP contribution is 2.38. The molecule has 3 aromatic rings. The van der Waals surface area contributed by atoms with Gasteiger partial charge >= 0.3 is 6.09 Å². The number of nitrogens with one attached hydrogen (secondary N) is 1. The highest BCUT2D eigenvalue weighted by Gasteiger charge is 2.46. The maximum Gasteiger partial charge on any atom is 0.407 e.